The maximum Gasteiger partial charge on any atom is 0.0471 e. The van der Waals surface area contributed by atoms with Gasteiger partial charge in [0.15, 0.2) is 0 Å². The molecule has 3 unspecified atom stereocenters. The number of fused-ring (bicyclic) bond motifs is 2. The third-order valence-corrected chi connectivity index (χ3v) is 5.94. The lowest BCUT2D eigenvalue weighted by Crippen LogP contribution is -2.45. The minimum atomic E-state index is 0.224. The fourth-order valence-electron chi connectivity index (χ4n) is 4.73. The van der Waals surface area contributed by atoms with E-state index in [2.05, 4.69) is 50.4 Å². The summed E-state index contributed by atoms with van der Waals surface area (Å²) in [6.45, 7) is 7.54. The van der Waals surface area contributed by atoms with Crippen LogP contribution in [0.5, 0.6) is 0 Å². The number of benzene rings is 1. The maximum atomic E-state index is 8.98. The molecular weight excluding hydrogens is 246 g/mol. The molecule has 3 atom stereocenters. The predicted octanol–water partition coefficient (Wildman–Crippen LogP) is 3.85. The van der Waals surface area contributed by atoms with Gasteiger partial charge in [0, 0.05) is 18.3 Å². The number of rotatable bonds is 4. The van der Waals surface area contributed by atoms with Gasteiger partial charge in [-0.1, -0.05) is 32.9 Å². The Morgan fingerprint density at radius 1 is 1.20 bits per heavy atom. The van der Waals surface area contributed by atoms with Crippen molar-refractivity contribution in [3.63, 3.8) is 0 Å². The first-order valence-electron chi connectivity index (χ1n) is 7.92. The van der Waals surface area contributed by atoms with Gasteiger partial charge in [0.25, 0.3) is 0 Å². The Morgan fingerprint density at radius 2 is 1.90 bits per heavy atom. The van der Waals surface area contributed by atoms with Crippen molar-refractivity contribution in [2.24, 2.45) is 16.7 Å². The zero-order chi connectivity index (χ0) is 14.4. The van der Waals surface area contributed by atoms with Crippen LogP contribution in [-0.4, -0.2) is 17.8 Å². The van der Waals surface area contributed by atoms with E-state index in [1.807, 2.05) is 0 Å². The van der Waals surface area contributed by atoms with Gasteiger partial charge >= 0.3 is 0 Å². The van der Waals surface area contributed by atoms with Gasteiger partial charge in [-0.25, -0.2) is 0 Å². The minimum Gasteiger partial charge on any atom is -0.396 e. The molecule has 0 radical (unpaired) electrons. The molecule has 1 aromatic rings. The van der Waals surface area contributed by atoms with Crippen molar-refractivity contribution in [3.8, 4) is 0 Å². The van der Waals surface area contributed by atoms with Crippen LogP contribution in [0.15, 0.2) is 24.3 Å². The SMILES string of the molecule is CC12CCC(C1)C(C)(C)C2Nc1ccc(CCO)cc1. The van der Waals surface area contributed by atoms with E-state index < -0.39 is 0 Å². The second-order valence-corrected chi connectivity index (χ2v) is 7.66. The smallest absolute Gasteiger partial charge is 0.0471 e. The van der Waals surface area contributed by atoms with Gasteiger partial charge in [0.2, 0.25) is 0 Å². The van der Waals surface area contributed by atoms with Gasteiger partial charge in [0.1, 0.15) is 0 Å². The molecule has 2 aliphatic carbocycles. The molecule has 2 heteroatoms. The van der Waals surface area contributed by atoms with Gasteiger partial charge in [-0.3, -0.25) is 0 Å². The summed E-state index contributed by atoms with van der Waals surface area (Å²) in [5.41, 5.74) is 3.27. The van der Waals surface area contributed by atoms with Crippen LogP contribution in [0.1, 0.15) is 45.6 Å². The van der Waals surface area contributed by atoms with Crippen molar-refractivity contribution in [2.75, 3.05) is 11.9 Å². The topological polar surface area (TPSA) is 32.3 Å². The second-order valence-electron chi connectivity index (χ2n) is 7.66. The van der Waals surface area contributed by atoms with Crippen LogP contribution in [0.25, 0.3) is 0 Å². The summed E-state index contributed by atoms with van der Waals surface area (Å²) in [4.78, 5) is 0. The maximum absolute atomic E-state index is 8.98. The van der Waals surface area contributed by atoms with Crippen LogP contribution < -0.4 is 5.32 Å². The van der Waals surface area contributed by atoms with Crippen LogP contribution in [0.2, 0.25) is 0 Å². The lowest BCUT2D eigenvalue weighted by atomic mass is 9.68. The van der Waals surface area contributed by atoms with Crippen molar-refractivity contribution < 1.29 is 5.11 Å². The molecular formula is C18H27NO. The first kappa shape index (κ1) is 13.9. The fraction of sp³-hybridized carbons (Fsp3) is 0.667. The molecule has 3 rings (SSSR count). The van der Waals surface area contributed by atoms with E-state index in [4.69, 9.17) is 5.11 Å². The Hall–Kier alpha value is -1.02. The fourth-order valence-corrected chi connectivity index (χ4v) is 4.73. The second kappa shape index (κ2) is 4.77. The van der Waals surface area contributed by atoms with E-state index >= 15 is 0 Å². The summed E-state index contributed by atoms with van der Waals surface area (Å²) in [6.07, 6.45) is 4.88. The van der Waals surface area contributed by atoms with Crippen molar-refractivity contribution >= 4 is 5.69 Å². The summed E-state index contributed by atoms with van der Waals surface area (Å²) in [7, 11) is 0. The first-order valence-corrected chi connectivity index (χ1v) is 7.92. The molecule has 2 saturated carbocycles. The lowest BCUT2D eigenvalue weighted by Gasteiger charge is -2.43. The number of aliphatic hydroxyl groups is 1. The molecule has 0 aromatic heterocycles. The highest BCUT2D eigenvalue weighted by molar-refractivity contribution is 5.47. The minimum absolute atomic E-state index is 0.224. The molecule has 2 nitrogen and oxygen atoms in total. The highest BCUT2D eigenvalue weighted by Gasteiger charge is 2.59. The lowest BCUT2D eigenvalue weighted by molar-refractivity contribution is 0.155. The van der Waals surface area contributed by atoms with Crippen LogP contribution in [-0.2, 0) is 6.42 Å². The van der Waals surface area contributed by atoms with E-state index in [1.54, 1.807) is 0 Å². The number of nitrogens with one attached hydrogen (secondary N) is 1. The molecule has 1 aromatic carbocycles. The van der Waals surface area contributed by atoms with E-state index in [-0.39, 0.29) is 6.61 Å². The monoisotopic (exact) mass is 273 g/mol. The normalized spacial score (nSPS) is 34.4. The molecule has 0 aliphatic heterocycles. The average Bonchev–Trinajstić information content (AvgIpc) is 2.88. The van der Waals surface area contributed by atoms with E-state index in [9.17, 15) is 0 Å². The van der Waals surface area contributed by atoms with Gasteiger partial charge in [-0.2, -0.15) is 0 Å². The van der Waals surface area contributed by atoms with Gasteiger partial charge in [0.05, 0.1) is 0 Å². The number of hydrogen-bond acceptors (Lipinski definition) is 2. The van der Waals surface area contributed by atoms with Crippen LogP contribution in [0.4, 0.5) is 5.69 Å². The molecule has 2 N–H and O–H groups in total. The standard InChI is InChI=1S/C18H27NO/c1-17(2)14-8-10-18(3,12-14)16(17)19-15-6-4-13(5-7-15)9-11-20/h4-7,14,16,19-20H,8-12H2,1-3H3. The summed E-state index contributed by atoms with van der Waals surface area (Å²) >= 11 is 0. The molecule has 2 fully saturated rings. The van der Waals surface area contributed by atoms with E-state index in [0.29, 0.717) is 16.9 Å². The number of hydrogen-bond donors (Lipinski definition) is 2. The Labute approximate surface area is 122 Å². The Morgan fingerprint density at radius 3 is 2.45 bits per heavy atom. The van der Waals surface area contributed by atoms with Crippen LogP contribution >= 0.6 is 0 Å². The summed E-state index contributed by atoms with van der Waals surface area (Å²) in [6, 6.07) is 9.15. The highest BCUT2D eigenvalue weighted by Crippen LogP contribution is 2.63. The molecule has 0 spiro atoms. The molecule has 110 valence electrons. The summed E-state index contributed by atoms with van der Waals surface area (Å²) in [5.74, 6) is 0.874. The van der Waals surface area contributed by atoms with Crippen molar-refractivity contribution in [1.29, 1.82) is 0 Å². The molecule has 0 amide bonds. The summed E-state index contributed by atoms with van der Waals surface area (Å²) < 4.78 is 0. The quantitative estimate of drug-likeness (QED) is 0.873. The average molecular weight is 273 g/mol. The van der Waals surface area contributed by atoms with Crippen LogP contribution in [0, 0.1) is 16.7 Å². The third-order valence-electron chi connectivity index (χ3n) is 5.94. The number of aliphatic hydroxyl groups excluding tert-OH is 1. The molecule has 2 bridgehead atoms. The van der Waals surface area contributed by atoms with Crippen molar-refractivity contribution in [1.82, 2.24) is 0 Å². The Balaban J connectivity index is 1.77. The van der Waals surface area contributed by atoms with Crippen molar-refractivity contribution in [2.45, 2.75) is 52.5 Å². The van der Waals surface area contributed by atoms with Crippen molar-refractivity contribution in [3.05, 3.63) is 29.8 Å². The largest absolute Gasteiger partial charge is 0.396 e. The first-order chi connectivity index (χ1) is 9.45. The molecule has 2 aliphatic rings. The van der Waals surface area contributed by atoms with Crippen LogP contribution in [0.3, 0.4) is 0 Å². The third kappa shape index (κ3) is 2.14. The van der Waals surface area contributed by atoms with E-state index in [0.717, 1.165) is 12.3 Å². The Bertz CT molecular complexity index is 474. The van der Waals surface area contributed by atoms with Gasteiger partial charge in [-0.15, -0.1) is 0 Å². The zero-order valence-electron chi connectivity index (χ0n) is 12.9. The van der Waals surface area contributed by atoms with Gasteiger partial charge < -0.3 is 10.4 Å². The predicted molar refractivity (Wildman–Crippen MR) is 83.9 cm³/mol. The summed E-state index contributed by atoms with van der Waals surface area (Å²) in [5, 5.41) is 12.8. The Kier molecular flexibility index (Phi) is 3.32. The number of anilines is 1. The zero-order valence-corrected chi connectivity index (χ0v) is 12.9. The molecule has 20 heavy (non-hydrogen) atoms. The molecule has 0 saturated heterocycles. The molecule has 0 heterocycles. The highest BCUT2D eigenvalue weighted by atomic mass is 16.2. The van der Waals surface area contributed by atoms with E-state index in [1.165, 1.54) is 30.5 Å². The van der Waals surface area contributed by atoms with Gasteiger partial charge in [-0.05, 0) is 60.1 Å².